The van der Waals surface area contributed by atoms with E-state index < -0.39 is 10.0 Å². The van der Waals surface area contributed by atoms with Gasteiger partial charge in [0, 0.05) is 32.6 Å². The SMILES string of the molecule is O=C(CC1CCCC1)N1CCCN(S(=O)(=O)c2cnc[nH]2)CC1. The van der Waals surface area contributed by atoms with E-state index in [0.29, 0.717) is 44.9 Å². The number of hydrogen-bond donors (Lipinski definition) is 1. The minimum atomic E-state index is -3.54. The number of aromatic nitrogens is 2. The highest BCUT2D eigenvalue weighted by Crippen LogP contribution is 2.28. The normalized spacial score (nSPS) is 21.5. The molecule has 23 heavy (non-hydrogen) atoms. The predicted molar refractivity (Wildman–Crippen MR) is 85.1 cm³/mol. The smallest absolute Gasteiger partial charge is 0.260 e. The van der Waals surface area contributed by atoms with Gasteiger partial charge in [0.1, 0.15) is 0 Å². The second-order valence-corrected chi connectivity index (χ2v) is 8.32. The van der Waals surface area contributed by atoms with Crippen molar-refractivity contribution in [3.63, 3.8) is 0 Å². The van der Waals surface area contributed by atoms with Gasteiger partial charge in [0.2, 0.25) is 5.91 Å². The monoisotopic (exact) mass is 340 g/mol. The van der Waals surface area contributed by atoms with Crippen LogP contribution >= 0.6 is 0 Å². The lowest BCUT2D eigenvalue weighted by molar-refractivity contribution is -0.132. The van der Waals surface area contributed by atoms with Gasteiger partial charge in [0.15, 0.2) is 5.03 Å². The minimum Gasteiger partial charge on any atom is -0.341 e. The van der Waals surface area contributed by atoms with Gasteiger partial charge in [-0.1, -0.05) is 12.8 Å². The van der Waals surface area contributed by atoms with E-state index in [-0.39, 0.29) is 10.9 Å². The average molecular weight is 340 g/mol. The van der Waals surface area contributed by atoms with Gasteiger partial charge in [-0.3, -0.25) is 4.79 Å². The zero-order chi connectivity index (χ0) is 16.3. The lowest BCUT2D eigenvalue weighted by atomic mass is 10.0. The summed E-state index contributed by atoms with van der Waals surface area (Å²) < 4.78 is 26.5. The summed E-state index contributed by atoms with van der Waals surface area (Å²) in [5.74, 6) is 0.702. The second-order valence-electron chi connectivity index (χ2n) is 6.41. The average Bonchev–Trinajstić information content (AvgIpc) is 3.17. The van der Waals surface area contributed by atoms with E-state index in [1.54, 1.807) is 0 Å². The number of sulfonamides is 1. The zero-order valence-electron chi connectivity index (χ0n) is 13.3. The van der Waals surface area contributed by atoms with Crippen LogP contribution in [0.2, 0.25) is 0 Å². The molecule has 1 saturated heterocycles. The molecule has 0 bridgehead atoms. The Hall–Kier alpha value is -1.41. The Morgan fingerprint density at radius 2 is 1.96 bits per heavy atom. The molecular weight excluding hydrogens is 316 g/mol. The predicted octanol–water partition coefficient (Wildman–Crippen LogP) is 1.21. The van der Waals surface area contributed by atoms with Gasteiger partial charge in [-0.15, -0.1) is 0 Å². The highest BCUT2D eigenvalue weighted by molar-refractivity contribution is 7.89. The van der Waals surface area contributed by atoms with Crippen LogP contribution in [-0.4, -0.2) is 59.7 Å². The summed E-state index contributed by atoms with van der Waals surface area (Å²) in [5, 5.41) is 0.114. The number of rotatable bonds is 4. The molecule has 0 atom stereocenters. The topological polar surface area (TPSA) is 86.4 Å². The molecule has 2 fully saturated rings. The summed E-state index contributed by atoms with van der Waals surface area (Å²) in [7, 11) is -3.54. The van der Waals surface area contributed by atoms with E-state index >= 15 is 0 Å². The van der Waals surface area contributed by atoms with Gasteiger partial charge in [0.25, 0.3) is 10.0 Å². The van der Waals surface area contributed by atoms with Crippen molar-refractivity contribution in [1.29, 1.82) is 0 Å². The first kappa shape index (κ1) is 16.4. The molecule has 0 aromatic carbocycles. The highest BCUT2D eigenvalue weighted by atomic mass is 32.2. The molecule has 1 aliphatic carbocycles. The molecule has 8 heteroatoms. The fourth-order valence-corrected chi connectivity index (χ4v) is 4.86. The quantitative estimate of drug-likeness (QED) is 0.893. The van der Waals surface area contributed by atoms with Crippen molar-refractivity contribution in [2.75, 3.05) is 26.2 Å². The largest absolute Gasteiger partial charge is 0.341 e. The Labute approximate surface area is 137 Å². The van der Waals surface area contributed by atoms with Crippen LogP contribution in [0.15, 0.2) is 17.6 Å². The maximum Gasteiger partial charge on any atom is 0.260 e. The number of aromatic amines is 1. The first-order valence-electron chi connectivity index (χ1n) is 8.33. The molecule has 1 amide bonds. The molecule has 1 aromatic heterocycles. The maximum absolute atomic E-state index is 12.5. The zero-order valence-corrected chi connectivity index (χ0v) is 14.1. The highest BCUT2D eigenvalue weighted by Gasteiger charge is 2.30. The van der Waals surface area contributed by atoms with Crippen molar-refractivity contribution in [2.24, 2.45) is 5.92 Å². The van der Waals surface area contributed by atoms with Crippen molar-refractivity contribution < 1.29 is 13.2 Å². The first-order valence-corrected chi connectivity index (χ1v) is 9.77. The van der Waals surface area contributed by atoms with E-state index in [0.717, 1.165) is 12.8 Å². The number of imidazole rings is 1. The fourth-order valence-electron chi connectivity index (χ4n) is 3.50. The summed E-state index contributed by atoms with van der Waals surface area (Å²) in [6.07, 6.45) is 8.74. The van der Waals surface area contributed by atoms with E-state index in [4.69, 9.17) is 0 Å². The van der Waals surface area contributed by atoms with Crippen LogP contribution in [-0.2, 0) is 14.8 Å². The summed E-state index contributed by atoms with van der Waals surface area (Å²) in [4.78, 5) is 20.7. The number of nitrogens with zero attached hydrogens (tertiary/aromatic N) is 3. The third-order valence-corrected chi connectivity index (χ3v) is 6.66. The van der Waals surface area contributed by atoms with Gasteiger partial charge < -0.3 is 9.88 Å². The van der Waals surface area contributed by atoms with E-state index in [9.17, 15) is 13.2 Å². The third-order valence-electron chi connectivity index (χ3n) is 4.84. The molecule has 0 unspecified atom stereocenters. The molecule has 2 heterocycles. The molecule has 3 rings (SSSR count). The molecular formula is C15H24N4O3S. The number of nitrogens with one attached hydrogen (secondary N) is 1. The van der Waals surface area contributed by atoms with E-state index in [1.165, 1.54) is 29.7 Å². The number of carbonyl (C=O) groups excluding carboxylic acids is 1. The van der Waals surface area contributed by atoms with Crippen LogP contribution < -0.4 is 0 Å². The second kappa shape index (κ2) is 7.00. The molecule has 1 N–H and O–H groups in total. The number of H-pyrrole nitrogens is 1. The molecule has 0 radical (unpaired) electrons. The lowest BCUT2D eigenvalue weighted by Crippen LogP contribution is -2.37. The molecule has 1 aromatic rings. The van der Waals surface area contributed by atoms with Crippen LogP contribution in [0.3, 0.4) is 0 Å². The summed E-state index contributed by atoms with van der Waals surface area (Å²) in [6.45, 7) is 1.89. The Kier molecular flexibility index (Phi) is 5.01. The summed E-state index contributed by atoms with van der Waals surface area (Å²) in [5.41, 5.74) is 0. The van der Waals surface area contributed by atoms with Gasteiger partial charge in [-0.05, 0) is 25.2 Å². The third kappa shape index (κ3) is 3.74. The van der Waals surface area contributed by atoms with Gasteiger partial charge >= 0.3 is 0 Å². The molecule has 1 aliphatic heterocycles. The molecule has 7 nitrogen and oxygen atoms in total. The van der Waals surface area contributed by atoms with Gasteiger partial charge in [0.05, 0.1) is 12.5 Å². The Balaban J connectivity index is 1.59. The standard InChI is InChI=1S/C15H24N4O3S/c20-15(10-13-4-1-2-5-13)18-6-3-7-19(9-8-18)23(21,22)14-11-16-12-17-14/h11-13H,1-10H2,(H,16,17). The fraction of sp³-hybridized carbons (Fsp3) is 0.733. The first-order chi connectivity index (χ1) is 11.1. The Morgan fingerprint density at radius 3 is 2.65 bits per heavy atom. The van der Waals surface area contributed by atoms with Crippen molar-refractivity contribution >= 4 is 15.9 Å². The molecule has 128 valence electrons. The van der Waals surface area contributed by atoms with Gasteiger partial charge in [-0.2, -0.15) is 4.31 Å². The number of amides is 1. The van der Waals surface area contributed by atoms with Crippen LogP contribution in [0.4, 0.5) is 0 Å². The van der Waals surface area contributed by atoms with E-state index in [2.05, 4.69) is 9.97 Å². The van der Waals surface area contributed by atoms with Crippen molar-refractivity contribution in [2.45, 2.75) is 43.6 Å². The Bertz CT molecular complexity index is 623. The maximum atomic E-state index is 12.5. The van der Waals surface area contributed by atoms with Crippen LogP contribution in [0.25, 0.3) is 0 Å². The summed E-state index contributed by atoms with van der Waals surface area (Å²) in [6, 6.07) is 0. The Morgan fingerprint density at radius 1 is 1.17 bits per heavy atom. The lowest BCUT2D eigenvalue weighted by Gasteiger charge is -2.22. The van der Waals surface area contributed by atoms with Crippen molar-refractivity contribution in [3.8, 4) is 0 Å². The number of carbonyl (C=O) groups is 1. The number of hydrogen-bond acceptors (Lipinski definition) is 4. The van der Waals surface area contributed by atoms with Crippen LogP contribution in [0, 0.1) is 5.92 Å². The molecule has 0 spiro atoms. The van der Waals surface area contributed by atoms with Crippen molar-refractivity contribution in [3.05, 3.63) is 12.5 Å². The van der Waals surface area contributed by atoms with E-state index in [1.807, 2.05) is 4.90 Å². The van der Waals surface area contributed by atoms with Crippen LogP contribution in [0.5, 0.6) is 0 Å². The minimum absolute atomic E-state index is 0.114. The molecule has 1 saturated carbocycles. The summed E-state index contributed by atoms with van der Waals surface area (Å²) >= 11 is 0. The van der Waals surface area contributed by atoms with Gasteiger partial charge in [-0.25, -0.2) is 13.4 Å². The molecule has 2 aliphatic rings. The van der Waals surface area contributed by atoms with Crippen molar-refractivity contribution in [1.82, 2.24) is 19.2 Å². The van der Waals surface area contributed by atoms with Crippen LogP contribution in [0.1, 0.15) is 38.5 Å².